The molecule has 6 nitrogen and oxygen atoms in total. The molecule has 0 heterocycles. The van der Waals surface area contributed by atoms with E-state index in [1.54, 1.807) is 6.07 Å². The van der Waals surface area contributed by atoms with Gasteiger partial charge >= 0.3 is 0 Å². The number of hydrogen-bond acceptors (Lipinski definition) is 4. The van der Waals surface area contributed by atoms with Gasteiger partial charge in [-0.3, -0.25) is 10.0 Å². The molecule has 2 rings (SSSR count). The average molecular weight is 320 g/mol. The Labute approximate surface area is 128 Å². The monoisotopic (exact) mass is 320 g/mol. The summed E-state index contributed by atoms with van der Waals surface area (Å²) < 4.78 is 25.6. The highest BCUT2D eigenvalue weighted by molar-refractivity contribution is 7.90. The van der Waals surface area contributed by atoms with Crippen LogP contribution in [0.25, 0.3) is 11.1 Å². The van der Waals surface area contributed by atoms with Crippen molar-refractivity contribution in [2.24, 2.45) is 0 Å². The van der Waals surface area contributed by atoms with E-state index in [2.05, 4.69) is 4.72 Å². The topological polar surface area (TPSA) is 95.5 Å². The molecule has 0 radical (unpaired) electrons. The van der Waals surface area contributed by atoms with Gasteiger partial charge in [-0.15, -0.1) is 0 Å². The molecule has 1 amide bonds. The van der Waals surface area contributed by atoms with E-state index in [0.717, 1.165) is 16.7 Å². The van der Waals surface area contributed by atoms with Crippen LogP contribution in [0.4, 0.5) is 0 Å². The number of amides is 1. The van der Waals surface area contributed by atoms with Crippen LogP contribution in [0.3, 0.4) is 0 Å². The Bertz CT molecular complexity index is 745. The minimum Gasteiger partial charge on any atom is -0.289 e. The summed E-state index contributed by atoms with van der Waals surface area (Å²) in [6.07, 6.45) is 0. The smallest absolute Gasteiger partial charge is 0.259 e. The number of carbonyl (C=O) groups excluding carboxylic acids is 1. The summed E-state index contributed by atoms with van der Waals surface area (Å²) in [4.78, 5) is 10.9. The first-order valence-corrected chi connectivity index (χ1v) is 8.20. The van der Waals surface area contributed by atoms with Crippen molar-refractivity contribution < 1.29 is 18.4 Å². The Kier molecular flexibility index (Phi) is 5.26. The number of nitrogens with one attached hydrogen (secondary N) is 2. The molecule has 22 heavy (non-hydrogen) atoms. The molecule has 0 atom stereocenters. The van der Waals surface area contributed by atoms with Gasteiger partial charge in [0.05, 0.1) is 0 Å². The predicted molar refractivity (Wildman–Crippen MR) is 82.4 cm³/mol. The van der Waals surface area contributed by atoms with E-state index >= 15 is 0 Å². The summed E-state index contributed by atoms with van der Waals surface area (Å²) in [5, 5.41) is 8.35. The molecule has 0 saturated heterocycles. The lowest BCUT2D eigenvalue weighted by Gasteiger charge is -2.08. The maximum absolute atomic E-state index is 11.6. The largest absolute Gasteiger partial charge is 0.289 e. The zero-order chi connectivity index (χ0) is 16.0. The average Bonchev–Trinajstić information content (AvgIpc) is 2.54. The molecule has 0 aliphatic rings. The quantitative estimate of drug-likeness (QED) is 0.552. The summed E-state index contributed by atoms with van der Waals surface area (Å²) in [6, 6.07) is 17.2. The second kappa shape index (κ2) is 7.17. The second-order valence-electron chi connectivity index (χ2n) is 4.68. The third-order valence-electron chi connectivity index (χ3n) is 2.98. The first-order chi connectivity index (χ1) is 10.5. The van der Waals surface area contributed by atoms with Crippen LogP contribution >= 0.6 is 0 Å². The molecule has 7 heteroatoms. The number of hydroxylamine groups is 1. The number of benzene rings is 2. The summed E-state index contributed by atoms with van der Waals surface area (Å²) >= 11 is 0. The molecule has 3 N–H and O–H groups in total. The van der Waals surface area contributed by atoms with E-state index in [1.807, 2.05) is 48.5 Å². The van der Waals surface area contributed by atoms with Gasteiger partial charge in [-0.05, 0) is 22.8 Å². The van der Waals surface area contributed by atoms with Crippen LogP contribution in [0.1, 0.15) is 5.56 Å². The molecule has 0 spiro atoms. The molecule has 0 aromatic heterocycles. The SMILES string of the molecule is O=C(CS(=O)(=O)NCc1cccc(-c2ccccc2)c1)NO. The van der Waals surface area contributed by atoms with Gasteiger partial charge < -0.3 is 0 Å². The lowest BCUT2D eigenvalue weighted by Crippen LogP contribution is -2.34. The minimum atomic E-state index is -3.79. The van der Waals surface area contributed by atoms with Crippen LogP contribution < -0.4 is 10.2 Å². The van der Waals surface area contributed by atoms with Gasteiger partial charge in [-0.1, -0.05) is 48.5 Å². The van der Waals surface area contributed by atoms with Gasteiger partial charge in [0.25, 0.3) is 5.91 Å². The van der Waals surface area contributed by atoms with Crippen molar-refractivity contribution in [2.75, 3.05) is 5.75 Å². The van der Waals surface area contributed by atoms with E-state index in [-0.39, 0.29) is 6.54 Å². The van der Waals surface area contributed by atoms with Crippen molar-refractivity contribution in [1.29, 1.82) is 0 Å². The Balaban J connectivity index is 2.07. The number of sulfonamides is 1. The zero-order valence-electron chi connectivity index (χ0n) is 11.7. The van der Waals surface area contributed by atoms with E-state index in [1.165, 1.54) is 5.48 Å². The normalized spacial score (nSPS) is 11.1. The highest BCUT2D eigenvalue weighted by Gasteiger charge is 2.15. The van der Waals surface area contributed by atoms with Crippen molar-refractivity contribution >= 4 is 15.9 Å². The van der Waals surface area contributed by atoms with Crippen LogP contribution in [0.5, 0.6) is 0 Å². The van der Waals surface area contributed by atoms with Crippen LogP contribution in [-0.2, 0) is 21.4 Å². The van der Waals surface area contributed by atoms with Crippen LogP contribution in [0.2, 0.25) is 0 Å². The lowest BCUT2D eigenvalue weighted by molar-refractivity contribution is -0.126. The van der Waals surface area contributed by atoms with Crippen molar-refractivity contribution in [2.45, 2.75) is 6.54 Å². The highest BCUT2D eigenvalue weighted by Crippen LogP contribution is 2.19. The van der Waals surface area contributed by atoms with Crippen LogP contribution in [0.15, 0.2) is 54.6 Å². The molecular formula is C15H16N2O4S. The van der Waals surface area contributed by atoms with Gasteiger partial charge in [0.15, 0.2) is 0 Å². The Hall–Kier alpha value is -2.22. The number of hydrogen-bond donors (Lipinski definition) is 3. The molecule has 0 aliphatic carbocycles. The van der Waals surface area contributed by atoms with Crippen molar-refractivity contribution in [1.82, 2.24) is 10.2 Å². The first-order valence-electron chi connectivity index (χ1n) is 6.55. The number of carbonyl (C=O) groups is 1. The molecule has 0 fully saturated rings. The fourth-order valence-corrected chi connectivity index (χ4v) is 2.84. The van der Waals surface area contributed by atoms with Gasteiger partial charge in [0.1, 0.15) is 5.75 Å². The molecule has 0 aliphatic heterocycles. The summed E-state index contributed by atoms with van der Waals surface area (Å²) in [5.41, 5.74) is 4.08. The molecular weight excluding hydrogens is 304 g/mol. The fourth-order valence-electron chi connectivity index (χ4n) is 1.94. The van der Waals surface area contributed by atoms with Gasteiger partial charge in [-0.2, -0.15) is 0 Å². The van der Waals surface area contributed by atoms with Crippen molar-refractivity contribution in [3.8, 4) is 11.1 Å². The second-order valence-corrected chi connectivity index (χ2v) is 6.49. The van der Waals surface area contributed by atoms with Gasteiger partial charge in [0.2, 0.25) is 10.0 Å². The van der Waals surface area contributed by atoms with Gasteiger partial charge in [0, 0.05) is 6.54 Å². The zero-order valence-corrected chi connectivity index (χ0v) is 12.5. The third-order valence-corrected chi connectivity index (χ3v) is 4.20. The molecule has 0 unspecified atom stereocenters. The molecule has 0 saturated carbocycles. The predicted octanol–water partition coefficient (Wildman–Crippen LogP) is 1.28. The molecule has 0 bridgehead atoms. The third kappa shape index (κ3) is 4.66. The highest BCUT2D eigenvalue weighted by atomic mass is 32.2. The van der Waals surface area contributed by atoms with Crippen LogP contribution in [-0.4, -0.2) is 25.3 Å². The maximum Gasteiger partial charge on any atom is 0.259 e. The summed E-state index contributed by atoms with van der Waals surface area (Å²) in [6.45, 7) is 0.0711. The van der Waals surface area contributed by atoms with E-state index in [0.29, 0.717) is 0 Å². The van der Waals surface area contributed by atoms with E-state index < -0.39 is 21.7 Å². The Morgan fingerprint density at radius 2 is 1.68 bits per heavy atom. The summed E-state index contributed by atoms with van der Waals surface area (Å²) in [5.74, 6) is -1.80. The fraction of sp³-hybridized carbons (Fsp3) is 0.133. The maximum atomic E-state index is 11.6. The Morgan fingerprint density at radius 3 is 2.36 bits per heavy atom. The minimum absolute atomic E-state index is 0.0711. The lowest BCUT2D eigenvalue weighted by atomic mass is 10.0. The summed E-state index contributed by atoms with van der Waals surface area (Å²) in [7, 11) is -3.79. The first kappa shape index (κ1) is 16.2. The van der Waals surface area contributed by atoms with E-state index in [4.69, 9.17) is 5.21 Å². The molecule has 116 valence electrons. The Morgan fingerprint density at radius 1 is 1.00 bits per heavy atom. The van der Waals surface area contributed by atoms with Gasteiger partial charge in [-0.25, -0.2) is 18.6 Å². The number of rotatable bonds is 6. The van der Waals surface area contributed by atoms with Crippen LogP contribution in [0, 0.1) is 0 Å². The molecule has 2 aromatic carbocycles. The standard InChI is InChI=1S/C15H16N2O4S/c18-15(17-19)11-22(20,21)16-10-12-5-4-8-14(9-12)13-6-2-1-3-7-13/h1-9,16,19H,10-11H2,(H,17,18). The van der Waals surface area contributed by atoms with E-state index in [9.17, 15) is 13.2 Å². The van der Waals surface area contributed by atoms with Crippen molar-refractivity contribution in [3.63, 3.8) is 0 Å². The van der Waals surface area contributed by atoms with Crippen molar-refractivity contribution in [3.05, 3.63) is 60.2 Å². The molecule has 2 aromatic rings.